The van der Waals surface area contributed by atoms with Gasteiger partial charge in [0.25, 0.3) is 0 Å². The summed E-state index contributed by atoms with van der Waals surface area (Å²) >= 11 is 0. The highest BCUT2D eigenvalue weighted by Crippen LogP contribution is 2.53. The van der Waals surface area contributed by atoms with E-state index in [1.165, 1.54) is 36.1 Å². The topological polar surface area (TPSA) is 15.3 Å². The van der Waals surface area contributed by atoms with Crippen LogP contribution in [-0.4, -0.2) is 11.4 Å². The van der Waals surface area contributed by atoms with Gasteiger partial charge in [-0.3, -0.25) is 4.90 Å². The Bertz CT molecular complexity index is 681. The second-order valence-corrected chi connectivity index (χ2v) is 6.54. The molecule has 2 aromatic carbocycles. The number of anilines is 1. The van der Waals surface area contributed by atoms with Crippen LogP contribution >= 0.6 is 12.4 Å². The van der Waals surface area contributed by atoms with Crippen LogP contribution < -0.4 is 5.32 Å². The van der Waals surface area contributed by atoms with Gasteiger partial charge >= 0.3 is 0 Å². The third-order valence-electron chi connectivity index (χ3n) is 5.51. The lowest BCUT2D eigenvalue weighted by atomic mass is 9.92. The number of rotatable bonds is 2. The predicted molar refractivity (Wildman–Crippen MR) is 92.6 cm³/mol. The van der Waals surface area contributed by atoms with Gasteiger partial charge in [-0.15, -0.1) is 12.4 Å². The van der Waals surface area contributed by atoms with Crippen molar-refractivity contribution in [2.45, 2.75) is 37.9 Å². The highest BCUT2D eigenvalue weighted by atomic mass is 35.5. The standard InChI is InChI=1S/C19H20N2.ClH/c1-2-7-16-15(6-1)17-8-9-18(16)21(17)12-14-5-3-4-13-10-11-20-19(13)14;/h1-7,17-18,20H,8-12H2;1H. The van der Waals surface area contributed by atoms with Gasteiger partial charge in [0, 0.05) is 30.9 Å². The Hall–Kier alpha value is -1.51. The van der Waals surface area contributed by atoms with Crippen molar-refractivity contribution in [3.05, 3.63) is 64.7 Å². The van der Waals surface area contributed by atoms with Crippen molar-refractivity contribution in [3.8, 4) is 0 Å². The Morgan fingerprint density at radius 3 is 2.41 bits per heavy atom. The van der Waals surface area contributed by atoms with Crippen LogP contribution in [0.1, 0.15) is 47.2 Å². The van der Waals surface area contributed by atoms with E-state index in [2.05, 4.69) is 52.7 Å². The second-order valence-electron chi connectivity index (χ2n) is 6.54. The smallest absolute Gasteiger partial charge is 0.0419 e. The molecule has 2 bridgehead atoms. The first-order chi connectivity index (χ1) is 10.4. The molecule has 5 rings (SSSR count). The van der Waals surface area contributed by atoms with E-state index >= 15 is 0 Å². The molecular formula is C19H21ClN2. The summed E-state index contributed by atoms with van der Waals surface area (Å²) in [4.78, 5) is 2.72. The molecule has 3 aliphatic rings. The number of nitrogens with one attached hydrogen (secondary N) is 1. The van der Waals surface area contributed by atoms with Gasteiger partial charge in [-0.05, 0) is 41.5 Å². The number of para-hydroxylation sites is 1. The van der Waals surface area contributed by atoms with Gasteiger partial charge < -0.3 is 5.32 Å². The highest BCUT2D eigenvalue weighted by molar-refractivity contribution is 5.85. The van der Waals surface area contributed by atoms with E-state index in [1.54, 1.807) is 11.1 Å². The van der Waals surface area contributed by atoms with Gasteiger partial charge in [0.2, 0.25) is 0 Å². The molecule has 22 heavy (non-hydrogen) atoms. The van der Waals surface area contributed by atoms with Crippen LogP contribution in [0, 0.1) is 0 Å². The summed E-state index contributed by atoms with van der Waals surface area (Å²) < 4.78 is 0. The van der Waals surface area contributed by atoms with Gasteiger partial charge in [-0.2, -0.15) is 0 Å². The van der Waals surface area contributed by atoms with E-state index in [0.717, 1.165) is 13.1 Å². The molecule has 2 aromatic rings. The predicted octanol–water partition coefficient (Wildman–Crippen LogP) is 4.47. The van der Waals surface area contributed by atoms with Gasteiger partial charge in [-0.25, -0.2) is 0 Å². The fraction of sp³-hybridized carbons (Fsp3) is 0.368. The van der Waals surface area contributed by atoms with E-state index in [0.29, 0.717) is 12.1 Å². The minimum atomic E-state index is 0. The summed E-state index contributed by atoms with van der Waals surface area (Å²) in [6.45, 7) is 2.18. The van der Waals surface area contributed by atoms with E-state index in [4.69, 9.17) is 0 Å². The van der Waals surface area contributed by atoms with Crippen molar-refractivity contribution in [2.75, 3.05) is 11.9 Å². The van der Waals surface area contributed by atoms with Gasteiger partial charge in [0.15, 0.2) is 0 Å². The molecule has 114 valence electrons. The lowest BCUT2D eigenvalue weighted by molar-refractivity contribution is 0.214. The number of nitrogens with zero attached hydrogens (tertiary/aromatic N) is 1. The molecule has 0 amide bonds. The number of hydrogen-bond donors (Lipinski definition) is 1. The summed E-state index contributed by atoms with van der Waals surface area (Å²) in [7, 11) is 0. The maximum Gasteiger partial charge on any atom is 0.0419 e. The van der Waals surface area contributed by atoms with Crippen LogP contribution in [-0.2, 0) is 13.0 Å². The summed E-state index contributed by atoms with van der Waals surface area (Å²) in [5, 5.41) is 3.59. The van der Waals surface area contributed by atoms with Crippen LogP contribution in [0.25, 0.3) is 0 Å². The van der Waals surface area contributed by atoms with Crippen LogP contribution in [0.5, 0.6) is 0 Å². The average Bonchev–Trinajstić information content (AvgIpc) is 3.21. The molecule has 3 heteroatoms. The first kappa shape index (κ1) is 14.1. The first-order valence-electron chi connectivity index (χ1n) is 8.11. The zero-order valence-corrected chi connectivity index (χ0v) is 13.4. The van der Waals surface area contributed by atoms with Crippen LogP contribution in [0.15, 0.2) is 42.5 Å². The van der Waals surface area contributed by atoms with E-state index < -0.39 is 0 Å². The SMILES string of the molecule is Cl.c1cc2c(c(CN3C4CCC3c3ccccc34)c1)NCC2. The van der Waals surface area contributed by atoms with Gasteiger partial charge in [0.1, 0.15) is 0 Å². The Balaban J connectivity index is 0.00000125. The van der Waals surface area contributed by atoms with E-state index in [9.17, 15) is 0 Å². The molecule has 0 aliphatic carbocycles. The van der Waals surface area contributed by atoms with Crippen molar-refractivity contribution >= 4 is 18.1 Å². The Labute approximate surface area is 137 Å². The van der Waals surface area contributed by atoms with Crippen molar-refractivity contribution in [1.29, 1.82) is 0 Å². The molecule has 1 fully saturated rings. The molecular weight excluding hydrogens is 292 g/mol. The fourth-order valence-electron chi connectivity index (χ4n) is 4.61. The summed E-state index contributed by atoms with van der Waals surface area (Å²) in [5.74, 6) is 0. The molecule has 0 radical (unpaired) electrons. The Kier molecular flexibility index (Phi) is 3.39. The number of halogens is 1. The Morgan fingerprint density at radius 2 is 1.68 bits per heavy atom. The normalized spacial score (nSPS) is 24.5. The molecule has 2 unspecified atom stereocenters. The molecule has 2 nitrogen and oxygen atoms in total. The molecule has 1 N–H and O–H groups in total. The molecule has 0 spiro atoms. The van der Waals surface area contributed by atoms with E-state index in [1.807, 2.05) is 0 Å². The maximum atomic E-state index is 3.59. The van der Waals surface area contributed by atoms with Gasteiger partial charge in [0.05, 0.1) is 0 Å². The summed E-state index contributed by atoms with van der Waals surface area (Å²) in [6, 6.07) is 17.1. The van der Waals surface area contributed by atoms with Gasteiger partial charge in [-0.1, -0.05) is 42.5 Å². The minimum absolute atomic E-state index is 0. The lowest BCUT2D eigenvalue weighted by Gasteiger charge is -2.23. The van der Waals surface area contributed by atoms with Crippen LogP contribution in [0.3, 0.4) is 0 Å². The maximum absolute atomic E-state index is 3.59. The lowest BCUT2D eigenvalue weighted by Crippen LogP contribution is -2.19. The first-order valence-corrected chi connectivity index (χ1v) is 8.11. The molecule has 3 heterocycles. The monoisotopic (exact) mass is 312 g/mol. The average molecular weight is 313 g/mol. The fourth-order valence-corrected chi connectivity index (χ4v) is 4.61. The Morgan fingerprint density at radius 1 is 0.955 bits per heavy atom. The number of fused-ring (bicyclic) bond motifs is 6. The highest BCUT2D eigenvalue weighted by Gasteiger charge is 2.43. The largest absolute Gasteiger partial charge is 0.384 e. The molecule has 0 aromatic heterocycles. The van der Waals surface area contributed by atoms with Crippen molar-refractivity contribution in [1.82, 2.24) is 4.90 Å². The van der Waals surface area contributed by atoms with Crippen LogP contribution in [0.4, 0.5) is 5.69 Å². The van der Waals surface area contributed by atoms with Crippen molar-refractivity contribution < 1.29 is 0 Å². The minimum Gasteiger partial charge on any atom is -0.384 e. The molecule has 3 aliphatic heterocycles. The summed E-state index contributed by atoms with van der Waals surface area (Å²) in [6.07, 6.45) is 3.82. The summed E-state index contributed by atoms with van der Waals surface area (Å²) in [5.41, 5.74) is 7.54. The molecule has 0 saturated carbocycles. The molecule has 2 atom stereocenters. The second kappa shape index (κ2) is 5.29. The zero-order chi connectivity index (χ0) is 13.8. The quantitative estimate of drug-likeness (QED) is 0.880. The van der Waals surface area contributed by atoms with Crippen molar-refractivity contribution in [2.24, 2.45) is 0 Å². The number of hydrogen-bond acceptors (Lipinski definition) is 2. The van der Waals surface area contributed by atoms with Crippen LogP contribution in [0.2, 0.25) is 0 Å². The third-order valence-corrected chi connectivity index (χ3v) is 5.51. The van der Waals surface area contributed by atoms with Crippen molar-refractivity contribution in [3.63, 3.8) is 0 Å². The third kappa shape index (κ3) is 1.90. The molecule has 1 saturated heterocycles. The number of benzene rings is 2. The zero-order valence-electron chi connectivity index (χ0n) is 12.6. The van der Waals surface area contributed by atoms with E-state index in [-0.39, 0.29) is 12.4 Å².